The molecule has 6 heteroatoms. The van der Waals surface area contributed by atoms with Crippen molar-refractivity contribution in [3.63, 3.8) is 0 Å². The van der Waals surface area contributed by atoms with Gasteiger partial charge in [0.05, 0.1) is 12.8 Å². The molecule has 3 aromatic rings. The first-order valence-electron chi connectivity index (χ1n) is 8.21. The Labute approximate surface area is 134 Å². The Balaban J connectivity index is 1.66. The second kappa shape index (κ2) is 6.42. The van der Waals surface area contributed by atoms with Crippen LogP contribution in [-0.4, -0.2) is 33.7 Å². The largest absolute Gasteiger partial charge is 0.467 e. The number of pyridine rings is 1. The summed E-state index contributed by atoms with van der Waals surface area (Å²) in [5, 5.41) is 7.07. The van der Waals surface area contributed by atoms with Crippen molar-refractivity contribution in [1.29, 1.82) is 0 Å². The Hall–Kier alpha value is -2.34. The molecule has 1 unspecified atom stereocenters. The van der Waals surface area contributed by atoms with Gasteiger partial charge >= 0.3 is 0 Å². The van der Waals surface area contributed by atoms with Crippen LogP contribution in [0.5, 0.6) is 0 Å². The molecule has 1 saturated heterocycles. The second-order valence-corrected chi connectivity index (χ2v) is 5.97. The van der Waals surface area contributed by atoms with E-state index in [4.69, 9.17) is 9.40 Å². The fourth-order valence-electron chi connectivity index (χ4n) is 3.12. The van der Waals surface area contributed by atoms with Gasteiger partial charge < -0.3 is 15.1 Å². The molecule has 120 valence electrons. The summed E-state index contributed by atoms with van der Waals surface area (Å²) in [5.74, 6) is 1.78. The maximum Gasteiger partial charge on any atom is 0.205 e. The Morgan fingerprint density at radius 2 is 2.26 bits per heavy atom. The zero-order valence-electron chi connectivity index (χ0n) is 13.0. The fraction of sp³-hybridized carbons (Fsp3) is 0.412. The van der Waals surface area contributed by atoms with Crippen LogP contribution in [-0.2, 0) is 6.54 Å². The highest BCUT2D eigenvalue weighted by Crippen LogP contribution is 2.21. The third kappa shape index (κ3) is 3.07. The molecule has 1 fully saturated rings. The maximum atomic E-state index is 5.51. The Morgan fingerprint density at radius 3 is 3.17 bits per heavy atom. The van der Waals surface area contributed by atoms with Gasteiger partial charge in [-0.1, -0.05) is 0 Å². The smallest absolute Gasteiger partial charge is 0.205 e. The molecule has 1 atom stereocenters. The molecule has 6 nitrogen and oxygen atoms in total. The molecule has 4 heterocycles. The Bertz CT molecular complexity index is 756. The van der Waals surface area contributed by atoms with Crippen molar-refractivity contribution in [2.75, 3.05) is 18.4 Å². The number of fused-ring (bicyclic) bond motifs is 1. The predicted molar refractivity (Wildman–Crippen MR) is 89.5 cm³/mol. The van der Waals surface area contributed by atoms with E-state index >= 15 is 0 Å². The minimum Gasteiger partial charge on any atom is -0.467 e. The number of hydrogen-bond donors (Lipinski definition) is 2. The SMILES string of the molecule is c1coc(Cn2c(NC3CCCNCC3)nc3cccnc32)c1. The number of nitrogens with one attached hydrogen (secondary N) is 2. The quantitative estimate of drug-likeness (QED) is 0.775. The summed E-state index contributed by atoms with van der Waals surface area (Å²) in [4.78, 5) is 9.25. The lowest BCUT2D eigenvalue weighted by atomic mass is 10.1. The van der Waals surface area contributed by atoms with E-state index in [1.807, 2.05) is 30.5 Å². The molecule has 0 radical (unpaired) electrons. The summed E-state index contributed by atoms with van der Waals surface area (Å²) in [6, 6.07) is 8.25. The van der Waals surface area contributed by atoms with Gasteiger partial charge in [0.15, 0.2) is 5.65 Å². The summed E-state index contributed by atoms with van der Waals surface area (Å²) in [6.45, 7) is 2.78. The van der Waals surface area contributed by atoms with Crippen molar-refractivity contribution in [3.8, 4) is 0 Å². The van der Waals surface area contributed by atoms with Crippen LogP contribution >= 0.6 is 0 Å². The number of aromatic nitrogens is 3. The summed E-state index contributed by atoms with van der Waals surface area (Å²) >= 11 is 0. The van der Waals surface area contributed by atoms with Crippen LogP contribution in [0, 0.1) is 0 Å². The maximum absolute atomic E-state index is 5.51. The molecule has 4 rings (SSSR count). The monoisotopic (exact) mass is 311 g/mol. The lowest BCUT2D eigenvalue weighted by Crippen LogP contribution is -2.23. The summed E-state index contributed by atoms with van der Waals surface area (Å²) in [5.41, 5.74) is 1.80. The molecular weight excluding hydrogens is 290 g/mol. The minimum absolute atomic E-state index is 0.442. The molecule has 0 saturated carbocycles. The molecule has 0 aromatic carbocycles. The van der Waals surface area contributed by atoms with Gasteiger partial charge in [-0.2, -0.15) is 0 Å². The van der Waals surface area contributed by atoms with Crippen molar-refractivity contribution in [2.24, 2.45) is 0 Å². The molecule has 0 aliphatic carbocycles. The topological polar surface area (TPSA) is 67.9 Å². The Morgan fingerprint density at radius 1 is 1.26 bits per heavy atom. The third-order valence-corrected chi connectivity index (χ3v) is 4.31. The number of rotatable bonds is 4. The summed E-state index contributed by atoms with van der Waals surface area (Å²) in [7, 11) is 0. The highest BCUT2D eigenvalue weighted by molar-refractivity contribution is 5.74. The van der Waals surface area contributed by atoms with Crippen LogP contribution in [0.3, 0.4) is 0 Å². The standard InChI is InChI=1S/C17H21N5O/c1-4-13(7-10-18-8-1)20-17-21-15-6-2-9-19-16(15)22(17)12-14-5-3-11-23-14/h2-3,5-6,9,11,13,18H,1,4,7-8,10,12H2,(H,20,21). The first-order chi connectivity index (χ1) is 11.4. The van der Waals surface area contributed by atoms with Gasteiger partial charge in [-0.15, -0.1) is 0 Å². The van der Waals surface area contributed by atoms with Gasteiger partial charge in [0.2, 0.25) is 5.95 Å². The van der Waals surface area contributed by atoms with E-state index in [2.05, 4.69) is 20.2 Å². The molecular formula is C17H21N5O. The average Bonchev–Trinajstić information content (AvgIpc) is 3.11. The van der Waals surface area contributed by atoms with E-state index in [0.717, 1.165) is 48.8 Å². The van der Waals surface area contributed by atoms with Crippen molar-refractivity contribution in [3.05, 3.63) is 42.5 Å². The zero-order chi connectivity index (χ0) is 15.5. The normalized spacial score (nSPS) is 18.9. The van der Waals surface area contributed by atoms with E-state index in [9.17, 15) is 0 Å². The molecule has 2 N–H and O–H groups in total. The predicted octanol–water partition coefficient (Wildman–Crippen LogP) is 2.63. The number of nitrogens with zero attached hydrogens (tertiary/aromatic N) is 3. The number of imidazole rings is 1. The average molecular weight is 311 g/mol. The van der Waals surface area contributed by atoms with Crippen LogP contribution in [0.25, 0.3) is 11.2 Å². The van der Waals surface area contributed by atoms with E-state index < -0.39 is 0 Å². The highest BCUT2D eigenvalue weighted by atomic mass is 16.3. The lowest BCUT2D eigenvalue weighted by Gasteiger charge is -2.17. The third-order valence-electron chi connectivity index (χ3n) is 4.31. The van der Waals surface area contributed by atoms with Crippen LogP contribution in [0.4, 0.5) is 5.95 Å². The summed E-state index contributed by atoms with van der Waals surface area (Å²) in [6.07, 6.45) is 6.96. The summed E-state index contributed by atoms with van der Waals surface area (Å²) < 4.78 is 7.61. The van der Waals surface area contributed by atoms with E-state index in [1.165, 1.54) is 6.42 Å². The lowest BCUT2D eigenvalue weighted by molar-refractivity contribution is 0.495. The van der Waals surface area contributed by atoms with E-state index in [1.54, 1.807) is 6.26 Å². The van der Waals surface area contributed by atoms with E-state index in [-0.39, 0.29) is 0 Å². The van der Waals surface area contributed by atoms with Crippen LogP contribution in [0.15, 0.2) is 41.1 Å². The minimum atomic E-state index is 0.442. The second-order valence-electron chi connectivity index (χ2n) is 5.97. The van der Waals surface area contributed by atoms with Gasteiger partial charge in [-0.3, -0.25) is 4.57 Å². The van der Waals surface area contributed by atoms with Crippen molar-refractivity contribution in [2.45, 2.75) is 31.8 Å². The molecule has 0 spiro atoms. The highest BCUT2D eigenvalue weighted by Gasteiger charge is 2.17. The van der Waals surface area contributed by atoms with Crippen molar-refractivity contribution in [1.82, 2.24) is 19.9 Å². The van der Waals surface area contributed by atoms with Crippen molar-refractivity contribution < 1.29 is 4.42 Å². The first-order valence-corrected chi connectivity index (χ1v) is 8.21. The molecule has 1 aliphatic rings. The molecule has 0 amide bonds. The van der Waals surface area contributed by atoms with Crippen LogP contribution in [0.1, 0.15) is 25.0 Å². The number of furan rings is 1. The van der Waals surface area contributed by atoms with Crippen LogP contribution in [0.2, 0.25) is 0 Å². The van der Waals surface area contributed by atoms with Gasteiger partial charge in [-0.25, -0.2) is 9.97 Å². The van der Waals surface area contributed by atoms with Gasteiger partial charge in [0, 0.05) is 12.2 Å². The van der Waals surface area contributed by atoms with Crippen LogP contribution < -0.4 is 10.6 Å². The number of hydrogen-bond acceptors (Lipinski definition) is 5. The zero-order valence-corrected chi connectivity index (χ0v) is 13.0. The van der Waals surface area contributed by atoms with E-state index in [0.29, 0.717) is 12.6 Å². The van der Waals surface area contributed by atoms with Crippen molar-refractivity contribution >= 4 is 17.1 Å². The van der Waals surface area contributed by atoms with Gasteiger partial charge in [0.1, 0.15) is 11.3 Å². The molecule has 0 bridgehead atoms. The molecule has 23 heavy (non-hydrogen) atoms. The molecule has 1 aliphatic heterocycles. The van der Waals surface area contributed by atoms with Gasteiger partial charge in [-0.05, 0) is 56.6 Å². The first kappa shape index (κ1) is 14.3. The fourth-order valence-corrected chi connectivity index (χ4v) is 3.12. The molecule has 3 aromatic heterocycles. The number of anilines is 1. The van der Waals surface area contributed by atoms with Gasteiger partial charge in [0.25, 0.3) is 0 Å². The Kier molecular flexibility index (Phi) is 3.98.